The van der Waals surface area contributed by atoms with Crippen LogP contribution in [0.3, 0.4) is 0 Å². The van der Waals surface area contributed by atoms with E-state index in [2.05, 4.69) is 50.3 Å². The standard InChI is InChI=1S/C21H35IO2/c1-5-6-7-11-17-14-19(23)18(21(24)20(17)22)13-12-16(4)10-8-9-15(2)3/h14-16,23-24H,5-13H2,1-4H3/t16-/m0/s1. The number of hydrogen-bond donors (Lipinski definition) is 2. The molecule has 0 bridgehead atoms. The SMILES string of the molecule is CCCCCc1cc(O)c(CC[C@@H](C)CCCC(C)C)c(O)c1I. The second kappa shape index (κ2) is 11.2. The Morgan fingerprint density at radius 2 is 1.67 bits per heavy atom. The summed E-state index contributed by atoms with van der Waals surface area (Å²) in [7, 11) is 0. The molecule has 0 heterocycles. The maximum absolute atomic E-state index is 10.5. The number of phenolic OH excluding ortho intramolecular Hbond substituents is 2. The molecule has 0 amide bonds. The molecule has 0 fully saturated rings. The van der Waals surface area contributed by atoms with Gasteiger partial charge in [0.05, 0.1) is 3.57 Å². The van der Waals surface area contributed by atoms with Crippen molar-refractivity contribution in [1.82, 2.24) is 0 Å². The van der Waals surface area contributed by atoms with Crippen molar-refractivity contribution in [2.75, 3.05) is 0 Å². The molecule has 0 radical (unpaired) electrons. The van der Waals surface area contributed by atoms with Crippen LogP contribution in [0.4, 0.5) is 0 Å². The van der Waals surface area contributed by atoms with Crippen molar-refractivity contribution in [3.05, 3.63) is 20.8 Å². The van der Waals surface area contributed by atoms with E-state index < -0.39 is 0 Å². The van der Waals surface area contributed by atoms with E-state index >= 15 is 0 Å². The summed E-state index contributed by atoms with van der Waals surface area (Å²) in [6.07, 6.45) is 9.96. The van der Waals surface area contributed by atoms with Crippen LogP contribution in [0.25, 0.3) is 0 Å². The van der Waals surface area contributed by atoms with E-state index in [9.17, 15) is 10.2 Å². The van der Waals surface area contributed by atoms with Crippen molar-refractivity contribution in [3.63, 3.8) is 0 Å². The fraction of sp³-hybridized carbons (Fsp3) is 0.714. The molecule has 0 aliphatic rings. The molecule has 2 nitrogen and oxygen atoms in total. The number of benzene rings is 1. The predicted molar refractivity (Wildman–Crippen MR) is 112 cm³/mol. The summed E-state index contributed by atoms with van der Waals surface area (Å²) in [5, 5.41) is 20.9. The second-order valence-electron chi connectivity index (χ2n) is 7.62. The third kappa shape index (κ3) is 7.20. The molecule has 0 aromatic heterocycles. The minimum atomic E-state index is 0.272. The molecule has 24 heavy (non-hydrogen) atoms. The highest BCUT2D eigenvalue weighted by Crippen LogP contribution is 2.37. The number of phenols is 2. The van der Waals surface area contributed by atoms with Crippen molar-refractivity contribution in [2.45, 2.75) is 85.5 Å². The zero-order valence-corrected chi connectivity index (χ0v) is 18.0. The average Bonchev–Trinajstić information content (AvgIpc) is 2.51. The molecule has 1 aromatic rings. The lowest BCUT2D eigenvalue weighted by molar-refractivity contribution is 0.412. The van der Waals surface area contributed by atoms with Crippen LogP contribution in [0, 0.1) is 15.4 Å². The van der Waals surface area contributed by atoms with E-state index in [0.717, 1.165) is 46.3 Å². The fourth-order valence-corrected chi connectivity index (χ4v) is 3.88. The third-order valence-electron chi connectivity index (χ3n) is 4.81. The highest BCUT2D eigenvalue weighted by Gasteiger charge is 2.16. The molecule has 0 aliphatic heterocycles. The van der Waals surface area contributed by atoms with Crippen molar-refractivity contribution in [2.24, 2.45) is 11.8 Å². The number of aromatic hydroxyl groups is 2. The molecule has 0 unspecified atom stereocenters. The lowest BCUT2D eigenvalue weighted by Crippen LogP contribution is -2.01. The monoisotopic (exact) mass is 446 g/mol. The summed E-state index contributed by atoms with van der Waals surface area (Å²) in [6, 6.07) is 1.87. The molecule has 138 valence electrons. The van der Waals surface area contributed by atoms with Gasteiger partial charge in [-0.25, -0.2) is 0 Å². The highest BCUT2D eigenvalue weighted by molar-refractivity contribution is 14.1. The topological polar surface area (TPSA) is 40.5 Å². The Hall–Kier alpha value is -0.450. The Labute approximate surface area is 162 Å². The van der Waals surface area contributed by atoms with Crippen LogP contribution < -0.4 is 0 Å². The van der Waals surface area contributed by atoms with E-state index in [4.69, 9.17) is 0 Å². The van der Waals surface area contributed by atoms with Gasteiger partial charge in [0.15, 0.2) is 0 Å². The van der Waals surface area contributed by atoms with Crippen molar-refractivity contribution in [1.29, 1.82) is 0 Å². The van der Waals surface area contributed by atoms with Crippen molar-refractivity contribution in [3.8, 4) is 11.5 Å². The van der Waals surface area contributed by atoms with Crippen molar-refractivity contribution >= 4 is 22.6 Å². The van der Waals surface area contributed by atoms with Gasteiger partial charge in [-0.2, -0.15) is 0 Å². The van der Waals surface area contributed by atoms with Gasteiger partial charge in [0.1, 0.15) is 11.5 Å². The first-order valence-electron chi connectivity index (χ1n) is 9.58. The lowest BCUT2D eigenvalue weighted by Gasteiger charge is -2.16. The van der Waals surface area contributed by atoms with Crippen molar-refractivity contribution < 1.29 is 10.2 Å². The van der Waals surface area contributed by atoms with Gasteiger partial charge >= 0.3 is 0 Å². The third-order valence-corrected chi connectivity index (χ3v) is 6.01. The number of hydrogen-bond acceptors (Lipinski definition) is 2. The summed E-state index contributed by atoms with van der Waals surface area (Å²) in [5.41, 5.74) is 1.81. The van der Waals surface area contributed by atoms with E-state index in [1.165, 1.54) is 32.1 Å². The number of unbranched alkanes of at least 4 members (excludes halogenated alkanes) is 2. The van der Waals surface area contributed by atoms with E-state index in [0.29, 0.717) is 11.7 Å². The van der Waals surface area contributed by atoms with Crippen LogP contribution in [0.2, 0.25) is 0 Å². The number of rotatable bonds is 11. The summed E-state index contributed by atoms with van der Waals surface area (Å²) >= 11 is 2.22. The summed E-state index contributed by atoms with van der Waals surface area (Å²) in [5.74, 6) is 1.97. The van der Waals surface area contributed by atoms with Crippen LogP contribution in [0.1, 0.15) is 83.8 Å². The van der Waals surface area contributed by atoms with Gasteiger partial charge in [0.25, 0.3) is 0 Å². The second-order valence-corrected chi connectivity index (χ2v) is 8.70. The quantitative estimate of drug-likeness (QED) is 0.289. The Balaban J connectivity index is 2.63. The summed E-state index contributed by atoms with van der Waals surface area (Å²) in [6.45, 7) is 9.00. The minimum absolute atomic E-state index is 0.272. The Morgan fingerprint density at radius 1 is 0.958 bits per heavy atom. The smallest absolute Gasteiger partial charge is 0.136 e. The first-order valence-corrected chi connectivity index (χ1v) is 10.7. The van der Waals surface area contributed by atoms with Crippen LogP contribution >= 0.6 is 22.6 Å². The molecular weight excluding hydrogens is 411 g/mol. The van der Waals surface area contributed by atoms with Gasteiger partial charge in [-0.15, -0.1) is 0 Å². The van der Waals surface area contributed by atoms with E-state index in [1.54, 1.807) is 0 Å². The molecule has 0 saturated carbocycles. The first kappa shape index (κ1) is 21.6. The average molecular weight is 446 g/mol. The minimum Gasteiger partial charge on any atom is -0.508 e. The van der Waals surface area contributed by atoms with Gasteiger partial charge < -0.3 is 10.2 Å². The molecular formula is C21H35IO2. The Bertz CT molecular complexity index is 497. The molecule has 1 atom stereocenters. The maximum Gasteiger partial charge on any atom is 0.136 e. The molecule has 2 N–H and O–H groups in total. The molecule has 0 saturated heterocycles. The van der Waals surface area contributed by atoms with E-state index in [-0.39, 0.29) is 5.75 Å². The lowest BCUT2D eigenvalue weighted by atomic mass is 9.93. The molecule has 1 aromatic carbocycles. The highest BCUT2D eigenvalue weighted by atomic mass is 127. The molecule has 1 rings (SSSR count). The largest absolute Gasteiger partial charge is 0.508 e. The normalized spacial score (nSPS) is 12.8. The van der Waals surface area contributed by atoms with Crippen LogP contribution in [0.5, 0.6) is 11.5 Å². The van der Waals surface area contributed by atoms with Gasteiger partial charge in [0, 0.05) is 5.56 Å². The van der Waals surface area contributed by atoms with Gasteiger partial charge in [-0.05, 0) is 71.7 Å². The molecule has 0 spiro atoms. The van der Waals surface area contributed by atoms with Crippen LogP contribution in [-0.2, 0) is 12.8 Å². The zero-order valence-electron chi connectivity index (χ0n) is 15.9. The zero-order chi connectivity index (χ0) is 18.1. The Morgan fingerprint density at radius 3 is 2.29 bits per heavy atom. The Kier molecular flexibility index (Phi) is 10.1. The predicted octanol–water partition coefficient (Wildman–Crippen LogP) is 6.83. The van der Waals surface area contributed by atoms with Gasteiger partial charge in [-0.3, -0.25) is 0 Å². The van der Waals surface area contributed by atoms with Gasteiger partial charge in [-0.1, -0.05) is 59.8 Å². The van der Waals surface area contributed by atoms with Crippen LogP contribution in [0.15, 0.2) is 6.07 Å². The summed E-state index contributed by atoms with van der Waals surface area (Å²) < 4.78 is 0.920. The van der Waals surface area contributed by atoms with Gasteiger partial charge in [0.2, 0.25) is 0 Å². The maximum atomic E-state index is 10.5. The summed E-state index contributed by atoms with van der Waals surface area (Å²) in [4.78, 5) is 0. The first-order chi connectivity index (χ1) is 11.4. The fourth-order valence-electron chi connectivity index (χ4n) is 3.12. The number of aryl methyl sites for hydroxylation is 1. The molecule has 3 heteroatoms. The van der Waals surface area contributed by atoms with E-state index in [1.807, 2.05) is 6.07 Å². The molecule has 0 aliphatic carbocycles. The number of halogens is 1. The van der Waals surface area contributed by atoms with Crippen LogP contribution in [-0.4, -0.2) is 10.2 Å².